The Kier molecular flexibility index (Phi) is 12.1. The number of hydrogen-bond acceptors (Lipinski definition) is 3. The van der Waals surface area contributed by atoms with Crippen LogP contribution in [0.1, 0.15) is 33.3 Å². The van der Waals surface area contributed by atoms with Crippen molar-refractivity contribution in [3.05, 3.63) is 42.0 Å². The number of guanidine groups is 1. The maximum Gasteiger partial charge on any atom is 0.194 e. The summed E-state index contributed by atoms with van der Waals surface area (Å²) in [6.07, 6.45) is 4.43. The van der Waals surface area contributed by atoms with Gasteiger partial charge in [0.05, 0.1) is 6.54 Å². The monoisotopic (exact) mass is 532 g/mol. The Morgan fingerprint density at radius 1 is 1.17 bits per heavy atom. The lowest BCUT2D eigenvalue weighted by Crippen LogP contribution is -2.52. The Morgan fingerprint density at radius 3 is 2.41 bits per heavy atom. The van der Waals surface area contributed by atoms with Crippen molar-refractivity contribution < 1.29 is 4.21 Å². The van der Waals surface area contributed by atoms with Crippen molar-refractivity contribution in [1.29, 1.82) is 0 Å². The molecule has 1 fully saturated rings. The molecule has 0 saturated carbocycles. The van der Waals surface area contributed by atoms with E-state index in [9.17, 15) is 4.21 Å². The average Bonchev–Trinajstić information content (AvgIpc) is 2.68. The van der Waals surface area contributed by atoms with E-state index in [1.807, 2.05) is 26.8 Å². The third-order valence-electron chi connectivity index (χ3n) is 4.70. The van der Waals surface area contributed by atoms with Gasteiger partial charge in [-0.1, -0.05) is 42.5 Å². The number of piperazine rings is 1. The number of benzene rings is 1. The fourth-order valence-electron chi connectivity index (χ4n) is 3.01. The number of nitrogens with one attached hydrogen (secondary N) is 1. The summed E-state index contributed by atoms with van der Waals surface area (Å²) in [5.41, 5.74) is 1.25. The predicted octanol–water partition coefficient (Wildman–Crippen LogP) is 3.45. The molecule has 29 heavy (non-hydrogen) atoms. The van der Waals surface area contributed by atoms with Gasteiger partial charge in [0, 0.05) is 60.6 Å². The first-order valence-electron chi connectivity index (χ1n) is 10.3. The zero-order chi connectivity index (χ0) is 20.4. The molecule has 1 heterocycles. The van der Waals surface area contributed by atoms with Crippen molar-refractivity contribution in [2.75, 3.05) is 51.6 Å². The van der Waals surface area contributed by atoms with Gasteiger partial charge < -0.3 is 10.2 Å². The van der Waals surface area contributed by atoms with Crippen LogP contribution in [-0.4, -0.2) is 76.3 Å². The third kappa shape index (κ3) is 9.61. The summed E-state index contributed by atoms with van der Waals surface area (Å²) in [6.45, 7) is 14.5. The Labute approximate surface area is 196 Å². The number of hydrogen-bond donors (Lipinski definition) is 1. The molecule has 0 radical (unpaired) electrons. The van der Waals surface area contributed by atoms with Crippen LogP contribution in [0.2, 0.25) is 0 Å². The van der Waals surface area contributed by atoms with Crippen molar-refractivity contribution in [1.82, 2.24) is 15.1 Å². The van der Waals surface area contributed by atoms with Crippen LogP contribution in [-0.2, 0) is 10.8 Å². The Balaban J connectivity index is 0.00000420. The van der Waals surface area contributed by atoms with Gasteiger partial charge in [-0.15, -0.1) is 24.0 Å². The molecule has 2 rings (SSSR count). The maximum atomic E-state index is 12.2. The van der Waals surface area contributed by atoms with Crippen LogP contribution in [0.15, 0.2) is 41.4 Å². The summed E-state index contributed by atoms with van der Waals surface area (Å²) in [5.74, 6) is 1.57. The first kappa shape index (κ1) is 26.1. The van der Waals surface area contributed by atoms with Gasteiger partial charge in [0.15, 0.2) is 5.96 Å². The highest BCUT2D eigenvalue weighted by Crippen LogP contribution is 2.11. The van der Waals surface area contributed by atoms with Gasteiger partial charge in [0.25, 0.3) is 0 Å². The summed E-state index contributed by atoms with van der Waals surface area (Å²) in [6, 6.07) is 10.4. The molecule has 1 aromatic rings. The number of rotatable bonds is 7. The third-order valence-corrected chi connectivity index (χ3v) is 6.62. The normalized spacial score (nSPS) is 17.2. The molecule has 7 heteroatoms. The number of halogens is 1. The molecule has 0 aliphatic carbocycles. The molecular formula is C22H37IN4OS. The summed E-state index contributed by atoms with van der Waals surface area (Å²) >= 11 is 0. The molecule has 1 saturated heterocycles. The van der Waals surface area contributed by atoms with Crippen LogP contribution in [0.5, 0.6) is 0 Å². The quantitative estimate of drug-likeness (QED) is 0.332. The maximum absolute atomic E-state index is 12.2. The zero-order valence-electron chi connectivity index (χ0n) is 18.3. The van der Waals surface area contributed by atoms with Gasteiger partial charge >= 0.3 is 0 Å². The fraction of sp³-hybridized carbons (Fsp3) is 0.591. The molecule has 0 spiro atoms. The van der Waals surface area contributed by atoms with Crippen molar-refractivity contribution >= 4 is 46.8 Å². The van der Waals surface area contributed by atoms with E-state index in [1.165, 1.54) is 5.56 Å². The first-order valence-corrected chi connectivity index (χ1v) is 11.6. The Bertz CT molecular complexity index is 665. The predicted molar refractivity (Wildman–Crippen MR) is 138 cm³/mol. The minimum absolute atomic E-state index is 0. The van der Waals surface area contributed by atoms with E-state index in [0.29, 0.717) is 12.3 Å². The molecule has 1 N–H and O–H groups in total. The molecule has 0 bridgehead atoms. The van der Waals surface area contributed by atoms with Gasteiger partial charge in [-0.25, -0.2) is 0 Å². The van der Waals surface area contributed by atoms with Gasteiger partial charge in [-0.3, -0.25) is 14.1 Å². The number of nitrogens with zero attached hydrogens (tertiary/aromatic N) is 3. The lowest BCUT2D eigenvalue weighted by atomic mass is 10.2. The van der Waals surface area contributed by atoms with Crippen LogP contribution in [0, 0.1) is 0 Å². The van der Waals surface area contributed by atoms with Gasteiger partial charge in [0.2, 0.25) is 0 Å². The molecule has 1 aliphatic rings. The molecule has 5 nitrogen and oxygen atoms in total. The lowest BCUT2D eigenvalue weighted by Gasteiger charge is -2.36. The van der Waals surface area contributed by atoms with Crippen LogP contribution in [0.3, 0.4) is 0 Å². The van der Waals surface area contributed by atoms with E-state index in [-0.39, 0.29) is 28.7 Å². The molecule has 0 amide bonds. The summed E-state index contributed by atoms with van der Waals surface area (Å²) in [7, 11) is -0.857. The van der Waals surface area contributed by atoms with E-state index < -0.39 is 10.8 Å². The second-order valence-corrected chi connectivity index (χ2v) is 10.3. The van der Waals surface area contributed by atoms with Crippen LogP contribution in [0.25, 0.3) is 6.08 Å². The van der Waals surface area contributed by atoms with E-state index in [4.69, 9.17) is 4.99 Å². The largest absolute Gasteiger partial charge is 0.357 e. The van der Waals surface area contributed by atoms with E-state index in [2.05, 4.69) is 58.5 Å². The molecule has 1 unspecified atom stereocenters. The standard InChI is InChI=1S/C22H36N4OS.HI/c1-5-23-21(24-13-19-28(27)22(2,3)4)26-17-15-25(16-18-26)14-9-12-20-10-7-6-8-11-20;/h6-12H,5,13-19H2,1-4H3,(H,23,24);1H/b12-9+;. The summed E-state index contributed by atoms with van der Waals surface area (Å²) in [4.78, 5) is 9.51. The minimum atomic E-state index is -0.857. The Hall–Kier alpha value is -0.930. The zero-order valence-corrected chi connectivity index (χ0v) is 21.4. The van der Waals surface area contributed by atoms with Gasteiger partial charge in [-0.2, -0.15) is 0 Å². The molecular weight excluding hydrogens is 495 g/mol. The topological polar surface area (TPSA) is 47.9 Å². The summed E-state index contributed by atoms with van der Waals surface area (Å²) < 4.78 is 12.0. The van der Waals surface area contributed by atoms with Gasteiger partial charge in [0.1, 0.15) is 0 Å². The molecule has 1 atom stereocenters. The number of aliphatic imine (C=N–C) groups is 1. The second-order valence-electron chi connectivity index (χ2n) is 8.00. The molecule has 1 aromatic carbocycles. The van der Waals surface area contributed by atoms with E-state index in [1.54, 1.807) is 0 Å². The van der Waals surface area contributed by atoms with Crippen LogP contribution in [0.4, 0.5) is 0 Å². The van der Waals surface area contributed by atoms with Gasteiger partial charge in [-0.05, 0) is 33.3 Å². The molecule has 1 aliphatic heterocycles. The second kappa shape index (κ2) is 13.4. The molecule has 164 valence electrons. The van der Waals surface area contributed by atoms with Crippen LogP contribution < -0.4 is 5.32 Å². The minimum Gasteiger partial charge on any atom is -0.357 e. The van der Waals surface area contributed by atoms with Crippen molar-refractivity contribution in [3.8, 4) is 0 Å². The first-order chi connectivity index (χ1) is 13.4. The molecule has 0 aromatic heterocycles. The average molecular weight is 533 g/mol. The van der Waals surface area contributed by atoms with Crippen molar-refractivity contribution in [2.24, 2.45) is 4.99 Å². The SMILES string of the molecule is CCNC(=NCCS(=O)C(C)(C)C)N1CCN(C/C=C/c2ccccc2)CC1.I. The van der Waals surface area contributed by atoms with E-state index in [0.717, 1.165) is 45.2 Å². The van der Waals surface area contributed by atoms with E-state index >= 15 is 0 Å². The van der Waals surface area contributed by atoms with Crippen molar-refractivity contribution in [2.45, 2.75) is 32.4 Å². The Morgan fingerprint density at radius 2 is 1.83 bits per heavy atom. The highest BCUT2D eigenvalue weighted by Gasteiger charge is 2.20. The fourth-order valence-corrected chi connectivity index (χ4v) is 3.88. The van der Waals surface area contributed by atoms with Crippen molar-refractivity contribution in [3.63, 3.8) is 0 Å². The smallest absolute Gasteiger partial charge is 0.194 e. The lowest BCUT2D eigenvalue weighted by molar-refractivity contribution is 0.194. The highest BCUT2D eigenvalue weighted by molar-refractivity contribution is 14.0. The highest BCUT2D eigenvalue weighted by atomic mass is 127. The van der Waals surface area contributed by atoms with Crippen LogP contribution >= 0.6 is 24.0 Å². The summed E-state index contributed by atoms with van der Waals surface area (Å²) in [5, 5.41) is 3.39.